The number of amides is 2. The van der Waals surface area contributed by atoms with Gasteiger partial charge in [0.1, 0.15) is 5.84 Å². The van der Waals surface area contributed by atoms with Crippen LogP contribution in [-0.4, -0.2) is 47.3 Å². The lowest BCUT2D eigenvalue weighted by Crippen LogP contribution is -2.38. The summed E-state index contributed by atoms with van der Waals surface area (Å²) in [6, 6.07) is 12.6. The number of carbonyl (C=O) groups excluding carboxylic acids is 2. The SMILES string of the molecule is C[C@@H]1[C@H]2C(=O)N(Cc3ccc4c(c3)OCO4)C(=O)[C@H]2[C@@H](c2ccc(C(=N)N)cc2)N1C. The Labute approximate surface area is 180 Å². The molecule has 31 heavy (non-hydrogen) atoms. The molecule has 0 unspecified atom stereocenters. The van der Waals surface area contributed by atoms with Gasteiger partial charge in [0, 0.05) is 17.6 Å². The van der Waals surface area contributed by atoms with Gasteiger partial charge in [0.25, 0.3) is 0 Å². The van der Waals surface area contributed by atoms with Gasteiger partial charge in [-0.2, -0.15) is 0 Å². The molecule has 3 N–H and O–H groups in total. The number of hydrogen-bond donors (Lipinski definition) is 2. The number of imide groups is 1. The van der Waals surface area contributed by atoms with E-state index in [9.17, 15) is 9.59 Å². The van der Waals surface area contributed by atoms with Gasteiger partial charge in [0.2, 0.25) is 18.6 Å². The number of nitrogen functional groups attached to an aromatic ring is 1. The van der Waals surface area contributed by atoms with E-state index in [1.54, 1.807) is 18.2 Å². The number of nitrogens with two attached hydrogens (primary N) is 1. The number of nitrogens with one attached hydrogen (secondary N) is 1. The van der Waals surface area contributed by atoms with Gasteiger partial charge in [-0.15, -0.1) is 0 Å². The van der Waals surface area contributed by atoms with E-state index in [0.29, 0.717) is 17.1 Å². The highest BCUT2D eigenvalue weighted by atomic mass is 16.7. The van der Waals surface area contributed by atoms with Crippen LogP contribution in [0, 0.1) is 17.2 Å². The van der Waals surface area contributed by atoms with E-state index >= 15 is 0 Å². The average molecular weight is 420 g/mol. The van der Waals surface area contributed by atoms with Crippen molar-refractivity contribution in [3.8, 4) is 11.5 Å². The summed E-state index contributed by atoms with van der Waals surface area (Å²) < 4.78 is 10.8. The van der Waals surface area contributed by atoms with Crippen molar-refractivity contribution in [2.75, 3.05) is 13.8 Å². The van der Waals surface area contributed by atoms with E-state index in [-0.39, 0.29) is 49.0 Å². The second kappa shape index (κ2) is 7.09. The Morgan fingerprint density at radius 3 is 2.45 bits per heavy atom. The molecule has 3 aliphatic heterocycles. The molecule has 8 heteroatoms. The van der Waals surface area contributed by atoms with E-state index in [0.717, 1.165) is 11.1 Å². The second-order valence-corrected chi connectivity index (χ2v) is 8.39. The smallest absolute Gasteiger partial charge is 0.235 e. The molecule has 2 aromatic rings. The van der Waals surface area contributed by atoms with Crippen molar-refractivity contribution in [3.05, 3.63) is 59.2 Å². The molecular weight excluding hydrogens is 396 g/mol. The first-order valence-corrected chi connectivity index (χ1v) is 10.3. The summed E-state index contributed by atoms with van der Waals surface area (Å²) in [7, 11) is 1.95. The van der Waals surface area contributed by atoms with Crippen molar-refractivity contribution in [3.63, 3.8) is 0 Å². The van der Waals surface area contributed by atoms with Crippen LogP contribution in [0.3, 0.4) is 0 Å². The molecule has 0 bridgehead atoms. The topological polar surface area (TPSA) is 109 Å². The number of rotatable bonds is 4. The van der Waals surface area contributed by atoms with Gasteiger partial charge in [-0.1, -0.05) is 30.3 Å². The molecule has 0 saturated carbocycles. The van der Waals surface area contributed by atoms with Crippen LogP contribution >= 0.6 is 0 Å². The largest absolute Gasteiger partial charge is 0.454 e. The fraction of sp³-hybridized carbons (Fsp3) is 0.348. The molecule has 3 aliphatic rings. The van der Waals surface area contributed by atoms with Crippen LogP contribution < -0.4 is 15.2 Å². The van der Waals surface area contributed by atoms with Gasteiger partial charge in [0.05, 0.1) is 18.4 Å². The van der Waals surface area contributed by atoms with Crippen molar-refractivity contribution in [1.29, 1.82) is 5.41 Å². The summed E-state index contributed by atoms with van der Waals surface area (Å²) in [6.07, 6.45) is 0. The fourth-order valence-corrected chi connectivity index (χ4v) is 5.05. The first kappa shape index (κ1) is 19.6. The molecule has 3 heterocycles. The average Bonchev–Trinajstić information content (AvgIpc) is 3.39. The molecule has 2 fully saturated rings. The van der Waals surface area contributed by atoms with Crippen molar-refractivity contribution in [2.24, 2.45) is 17.6 Å². The standard InChI is InChI=1S/C23H24N4O4/c1-12-18-19(20(26(12)2)14-4-6-15(7-5-14)21(24)25)23(29)27(22(18)28)10-13-3-8-16-17(9-13)31-11-30-16/h3-9,12,18-20H,10-11H2,1-2H3,(H3,24,25)/t12-,18-,19-,20-/m1/s1. The lowest BCUT2D eigenvalue weighted by Gasteiger charge is -2.28. The molecule has 4 atom stereocenters. The van der Waals surface area contributed by atoms with Crippen LogP contribution in [0.25, 0.3) is 0 Å². The minimum atomic E-state index is -0.440. The molecule has 8 nitrogen and oxygen atoms in total. The number of likely N-dealkylation sites (tertiary alicyclic amines) is 2. The van der Waals surface area contributed by atoms with Gasteiger partial charge in [-0.05, 0) is 37.2 Å². The normalized spacial score (nSPS) is 27.1. The first-order valence-electron chi connectivity index (χ1n) is 10.3. The summed E-state index contributed by atoms with van der Waals surface area (Å²) in [5.74, 6) is 0.199. The Hall–Kier alpha value is -3.39. The molecular formula is C23H24N4O4. The summed E-state index contributed by atoms with van der Waals surface area (Å²) in [4.78, 5) is 30.2. The molecule has 0 spiro atoms. The van der Waals surface area contributed by atoms with Crippen molar-refractivity contribution < 1.29 is 19.1 Å². The van der Waals surface area contributed by atoms with Crippen molar-refractivity contribution in [2.45, 2.75) is 25.6 Å². The molecule has 2 saturated heterocycles. The maximum absolute atomic E-state index is 13.5. The van der Waals surface area contributed by atoms with Crippen LogP contribution in [0.1, 0.15) is 29.7 Å². The Balaban J connectivity index is 1.44. The van der Waals surface area contributed by atoms with Gasteiger partial charge >= 0.3 is 0 Å². The van der Waals surface area contributed by atoms with E-state index in [1.807, 2.05) is 38.2 Å². The summed E-state index contributed by atoms with van der Waals surface area (Å²) in [5, 5.41) is 7.59. The Kier molecular flexibility index (Phi) is 4.48. The molecule has 0 aliphatic carbocycles. The van der Waals surface area contributed by atoms with Crippen molar-refractivity contribution >= 4 is 17.6 Å². The van der Waals surface area contributed by atoms with Crippen LogP contribution in [0.4, 0.5) is 0 Å². The molecule has 2 amide bonds. The Morgan fingerprint density at radius 2 is 1.74 bits per heavy atom. The number of hydrogen-bond acceptors (Lipinski definition) is 6. The molecule has 0 aromatic heterocycles. The van der Waals surface area contributed by atoms with E-state index in [1.165, 1.54) is 4.90 Å². The van der Waals surface area contributed by atoms with Crippen LogP contribution in [0.15, 0.2) is 42.5 Å². The molecule has 2 aromatic carbocycles. The minimum absolute atomic E-state index is 0.000377. The van der Waals surface area contributed by atoms with Gasteiger partial charge in [-0.25, -0.2) is 0 Å². The van der Waals surface area contributed by atoms with Gasteiger partial charge in [0.15, 0.2) is 11.5 Å². The van der Waals surface area contributed by atoms with Crippen LogP contribution in [0.2, 0.25) is 0 Å². The number of benzene rings is 2. The van der Waals surface area contributed by atoms with Crippen LogP contribution in [0.5, 0.6) is 11.5 Å². The zero-order valence-corrected chi connectivity index (χ0v) is 17.4. The minimum Gasteiger partial charge on any atom is -0.454 e. The highest BCUT2D eigenvalue weighted by Gasteiger charge is 2.59. The third-order valence-electron chi connectivity index (χ3n) is 6.77. The third-order valence-corrected chi connectivity index (χ3v) is 6.77. The summed E-state index contributed by atoms with van der Waals surface area (Å²) in [6.45, 7) is 2.39. The number of carbonyl (C=O) groups is 2. The number of ether oxygens (including phenoxy) is 2. The third kappa shape index (κ3) is 2.97. The van der Waals surface area contributed by atoms with Gasteiger partial charge < -0.3 is 15.2 Å². The van der Waals surface area contributed by atoms with E-state index in [2.05, 4.69) is 4.90 Å². The maximum Gasteiger partial charge on any atom is 0.235 e. The first-order chi connectivity index (χ1) is 14.9. The number of amidine groups is 1. The highest BCUT2D eigenvalue weighted by Crippen LogP contribution is 2.49. The predicted molar refractivity (Wildman–Crippen MR) is 113 cm³/mol. The second-order valence-electron chi connectivity index (χ2n) is 8.39. The highest BCUT2D eigenvalue weighted by molar-refractivity contribution is 6.06. The lowest BCUT2D eigenvalue weighted by molar-refractivity contribution is -0.142. The van der Waals surface area contributed by atoms with E-state index < -0.39 is 5.92 Å². The van der Waals surface area contributed by atoms with Crippen LogP contribution in [-0.2, 0) is 16.1 Å². The monoisotopic (exact) mass is 420 g/mol. The zero-order valence-electron chi connectivity index (χ0n) is 17.4. The van der Waals surface area contributed by atoms with Gasteiger partial charge in [-0.3, -0.25) is 24.8 Å². The fourth-order valence-electron chi connectivity index (χ4n) is 5.05. The summed E-state index contributed by atoms with van der Waals surface area (Å²) in [5.41, 5.74) is 7.97. The Bertz CT molecular complexity index is 1080. The molecule has 160 valence electrons. The predicted octanol–water partition coefficient (Wildman–Crippen LogP) is 1.88. The molecule has 0 radical (unpaired) electrons. The zero-order chi connectivity index (χ0) is 21.9. The number of fused-ring (bicyclic) bond motifs is 2. The maximum atomic E-state index is 13.5. The van der Waals surface area contributed by atoms with Crippen molar-refractivity contribution in [1.82, 2.24) is 9.80 Å². The lowest BCUT2D eigenvalue weighted by atomic mass is 9.86. The Morgan fingerprint density at radius 1 is 1.06 bits per heavy atom. The van der Waals surface area contributed by atoms with E-state index in [4.69, 9.17) is 20.6 Å². The quantitative estimate of drug-likeness (QED) is 0.444. The number of nitrogens with zero attached hydrogens (tertiary/aromatic N) is 2. The summed E-state index contributed by atoms with van der Waals surface area (Å²) >= 11 is 0. The molecule has 5 rings (SSSR count).